The Labute approximate surface area is 104 Å². The Kier molecular flexibility index (Phi) is 4.84. The largest absolute Gasteiger partial charge is 0.348 e. The second-order valence-electron chi connectivity index (χ2n) is 3.76. The predicted octanol–water partition coefficient (Wildman–Crippen LogP) is 1.48. The van der Waals surface area contributed by atoms with Crippen LogP contribution in [0.5, 0.6) is 0 Å². The fourth-order valence-corrected chi connectivity index (χ4v) is 1.75. The molecule has 1 aromatic rings. The zero-order valence-electron chi connectivity index (χ0n) is 9.00. The first kappa shape index (κ1) is 13.9. The number of hydrogen-bond donors (Lipinski definition) is 2. The molecule has 1 fully saturated rings. The Balaban J connectivity index is 0.00000144. The Hall–Kier alpha value is -1.20. The first-order chi connectivity index (χ1) is 7.68. The van der Waals surface area contributed by atoms with Crippen molar-refractivity contribution in [3.8, 4) is 0 Å². The topological polar surface area (TPSA) is 41.1 Å². The molecule has 0 saturated carbocycles. The van der Waals surface area contributed by atoms with Gasteiger partial charge in [-0.3, -0.25) is 4.79 Å². The quantitative estimate of drug-likeness (QED) is 0.848. The van der Waals surface area contributed by atoms with Crippen LogP contribution >= 0.6 is 12.4 Å². The van der Waals surface area contributed by atoms with Crippen LogP contribution in [0.25, 0.3) is 0 Å². The number of carbonyl (C=O) groups is 1. The SMILES string of the molecule is Cl.O=C(NC1CCNC1)c1c(F)cccc1F. The van der Waals surface area contributed by atoms with Gasteiger partial charge in [0.15, 0.2) is 0 Å². The predicted molar refractivity (Wildman–Crippen MR) is 62.3 cm³/mol. The van der Waals surface area contributed by atoms with Crippen molar-refractivity contribution in [1.82, 2.24) is 10.6 Å². The van der Waals surface area contributed by atoms with Gasteiger partial charge in [0.25, 0.3) is 5.91 Å². The maximum atomic E-state index is 13.3. The standard InChI is InChI=1S/C11H12F2N2O.ClH/c12-8-2-1-3-9(13)10(8)11(16)15-7-4-5-14-6-7;/h1-3,7,14H,4-6H2,(H,15,16);1H. The summed E-state index contributed by atoms with van der Waals surface area (Å²) >= 11 is 0. The zero-order valence-corrected chi connectivity index (χ0v) is 9.82. The van der Waals surface area contributed by atoms with Crippen molar-refractivity contribution in [2.75, 3.05) is 13.1 Å². The molecule has 0 aliphatic carbocycles. The normalized spacial score (nSPS) is 18.6. The average molecular weight is 263 g/mol. The first-order valence-corrected chi connectivity index (χ1v) is 5.14. The smallest absolute Gasteiger partial charge is 0.257 e. The van der Waals surface area contributed by atoms with Crippen LogP contribution in [0.15, 0.2) is 18.2 Å². The number of hydrogen-bond acceptors (Lipinski definition) is 2. The molecule has 1 atom stereocenters. The molecule has 6 heteroatoms. The van der Waals surface area contributed by atoms with E-state index in [2.05, 4.69) is 10.6 Å². The number of nitrogens with one attached hydrogen (secondary N) is 2. The molecule has 3 nitrogen and oxygen atoms in total. The van der Waals surface area contributed by atoms with Crippen molar-refractivity contribution in [1.29, 1.82) is 0 Å². The molecule has 1 aliphatic rings. The van der Waals surface area contributed by atoms with Crippen molar-refractivity contribution < 1.29 is 13.6 Å². The van der Waals surface area contributed by atoms with Crippen LogP contribution in [0.1, 0.15) is 16.8 Å². The van der Waals surface area contributed by atoms with Crippen LogP contribution in [0.3, 0.4) is 0 Å². The summed E-state index contributed by atoms with van der Waals surface area (Å²) < 4.78 is 26.5. The fraction of sp³-hybridized carbons (Fsp3) is 0.364. The van der Waals surface area contributed by atoms with Gasteiger partial charge in [-0.2, -0.15) is 0 Å². The van der Waals surface area contributed by atoms with Crippen molar-refractivity contribution in [2.45, 2.75) is 12.5 Å². The monoisotopic (exact) mass is 262 g/mol. The van der Waals surface area contributed by atoms with Gasteiger partial charge >= 0.3 is 0 Å². The Bertz CT molecular complexity index is 388. The first-order valence-electron chi connectivity index (χ1n) is 5.14. The second kappa shape index (κ2) is 5.93. The zero-order chi connectivity index (χ0) is 11.5. The summed E-state index contributed by atoms with van der Waals surface area (Å²) in [6, 6.07) is 3.33. The van der Waals surface area contributed by atoms with E-state index >= 15 is 0 Å². The second-order valence-corrected chi connectivity index (χ2v) is 3.76. The lowest BCUT2D eigenvalue weighted by Crippen LogP contribution is -2.37. The molecule has 1 heterocycles. The van der Waals surface area contributed by atoms with Gasteiger partial charge in [-0.25, -0.2) is 8.78 Å². The summed E-state index contributed by atoms with van der Waals surface area (Å²) in [5, 5.41) is 5.65. The minimum absolute atomic E-state index is 0. The lowest BCUT2D eigenvalue weighted by Gasteiger charge is -2.11. The molecular weight excluding hydrogens is 250 g/mol. The van der Waals surface area contributed by atoms with Crippen molar-refractivity contribution in [2.24, 2.45) is 0 Å². The molecule has 2 rings (SSSR count). The van der Waals surface area contributed by atoms with E-state index in [1.807, 2.05) is 0 Å². The van der Waals surface area contributed by atoms with E-state index in [4.69, 9.17) is 0 Å². The van der Waals surface area contributed by atoms with Gasteiger partial charge in [0.05, 0.1) is 0 Å². The van der Waals surface area contributed by atoms with E-state index in [9.17, 15) is 13.6 Å². The summed E-state index contributed by atoms with van der Waals surface area (Å²) in [4.78, 5) is 11.6. The van der Waals surface area contributed by atoms with E-state index in [1.165, 1.54) is 6.07 Å². The Morgan fingerprint density at radius 1 is 1.35 bits per heavy atom. The molecule has 94 valence electrons. The fourth-order valence-electron chi connectivity index (χ4n) is 1.75. The summed E-state index contributed by atoms with van der Waals surface area (Å²) in [5.74, 6) is -2.35. The van der Waals surface area contributed by atoms with Gasteiger partial charge < -0.3 is 10.6 Å². The molecule has 1 saturated heterocycles. The van der Waals surface area contributed by atoms with Crippen LogP contribution in [-0.4, -0.2) is 25.0 Å². The molecule has 0 spiro atoms. The van der Waals surface area contributed by atoms with Crippen molar-refractivity contribution in [3.63, 3.8) is 0 Å². The van der Waals surface area contributed by atoms with Gasteiger partial charge in [-0.05, 0) is 25.1 Å². The summed E-state index contributed by atoms with van der Waals surface area (Å²) in [5.41, 5.74) is -0.505. The van der Waals surface area contributed by atoms with Crippen molar-refractivity contribution in [3.05, 3.63) is 35.4 Å². The molecule has 17 heavy (non-hydrogen) atoms. The van der Waals surface area contributed by atoms with Crippen LogP contribution in [-0.2, 0) is 0 Å². The maximum Gasteiger partial charge on any atom is 0.257 e. The minimum Gasteiger partial charge on any atom is -0.348 e. The number of halogens is 3. The minimum atomic E-state index is -0.830. The number of amides is 1. The van der Waals surface area contributed by atoms with Gasteiger partial charge in [0, 0.05) is 12.6 Å². The van der Waals surface area contributed by atoms with Crippen LogP contribution < -0.4 is 10.6 Å². The number of rotatable bonds is 2. The van der Waals surface area contributed by atoms with E-state index in [1.54, 1.807) is 0 Å². The lowest BCUT2D eigenvalue weighted by atomic mass is 10.1. The molecule has 0 aromatic heterocycles. The third-order valence-corrected chi connectivity index (χ3v) is 2.59. The molecule has 1 amide bonds. The van der Waals surface area contributed by atoms with E-state index in [-0.39, 0.29) is 18.4 Å². The number of carbonyl (C=O) groups excluding carboxylic acids is 1. The van der Waals surface area contributed by atoms with Crippen LogP contribution in [0, 0.1) is 11.6 Å². The van der Waals surface area contributed by atoms with Gasteiger partial charge in [0.2, 0.25) is 0 Å². The third kappa shape index (κ3) is 3.14. The highest BCUT2D eigenvalue weighted by Gasteiger charge is 2.21. The average Bonchev–Trinajstić information content (AvgIpc) is 2.70. The highest BCUT2D eigenvalue weighted by atomic mass is 35.5. The van der Waals surface area contributed by atoms with Gasteiger partial charge in [-0.15, -0.1) is 12.4 Å². The van der Waals surface area contributed by atoms with Crippen LogP contribution in [0.4, 0.5) is 8.78 Å². The Morgan fingerprint density at radius 3 is 2.53 bits per heavy atom. The summed E-state index contributed by atoms with van der Waals surface area (Å²) in [6.07, 6.45) is 0.780. The van der Waals surface area contributed by atoms with Crippen molar-refractivity contribution >= 4 is 18.3 Å². The maximum absolute atomic E-state index is 13.3. The molecular formula is C11H13ClF2N2O. The number of benzene rings is 1. The molecule has 0 bridgehead atoms. The molecule has 1 aromatic carbocycles. The molecule has 2 N–H and O–H groups in total. The van der Waals surface area contributed by atoms with Gasteiger partial charge in [0.1, 0.15) is 17.2 Å². The van der Waals surface area contributed by atoms with E-state index < -0.39 is 23.1 Å². The third-order valence-electron chi connectivity index (χ3n) is 2.59. The summed E-state index contributed by atoms with van der Waals surface area (Å²) in [6.45, 7) is 1.45. The highest BCUT2D eigenvalue weighted by molar-refractivity contribution is 5.94. The van der Waals surface area contributed by atoms with Gasteiger partial charge in [-0.1, -0.05) is 6.07 Å². The Morgan fingerprint density at radius 2 is 2.00 bits per heavy atom. The van der Waals surface area contributed by atoms with E-state index in [0.29, 0.717) is 6.54 Å². The molecule has 1 aliphatic heterocycles. The highest BCUT2D eigenvalue weighted by Crippen LogP contribution is 2.12. The molecule has 0 radical (unpaired) electrons. The summed E-state index contributed by atoms with van der Waals surface area (Å²) in [7, 11) is 0. The van der Waals surface area contributed by atoms with Crippen LogP contribution in [0.2, 0.25) is 0 Å². The lowest BCUT2D eigenvalue weighted by molar-refractivity contribution is 0.0931. The molecule has 1 unspecified atom stereocenters. The van der Waals surface area contributed by atoms with E-state index in [0.717, 1.165) is 25.1 Å².